The Balaban J connectivity index is 1.71. The van der Waals surface area contributed by atoms with Crippen LogP contribution in [0.25, 0.3) is 0 Å². The van der Waals surface area contributed by atoms with Crippen molar-refractivity contribution < 1.29 is 24.9 Å². The zero-order valence-corrected chi connectivity index (χ0v) is 16.8. The van der Waals surface area contributed by atoms with Gasteiger partial charge in [0.05, 0.1) is 19.3 Å². The highest BCUT2D eigenvalue weighted by Crippen LogP contribution is 2.36. The van der Waals surface area contributed by atoms with E-state index in [0.717, 1.165) is 16.7 Å². The third-order valence-corrected chi connectivity index (χ3v) is 5.73. The molecule has 2 aromatic carbocycles. The smallest absolute Gasteiger partial charge is 0.312 e. The first-order chi connectivity index (χ1) is 14.0. The van der Waals surface area contributed by atoms with Crippen molar-refractivity contribution in [2.45, 2.75) is 39.0 Å². The summed E-state index contributed by atoms with van der Waals surface area (Å²) in [6, 6.07) is 15.2. The minimum absolute atomic E-state index is 0.106. The van der Waals surface area contributed by atoms with E-state index in [9.17, 15) is 20.1 Å². The van der Waals surface area contributed by atoms with E-state index in [2.05, 4.69) is 4.90 Å². The molecular weight excluding hydrogens is 370 g/mol. The Morgan fingerprint density at radius 3 is 2.59 bits per heavy atom. The van der Waals surface area contributed by atoms with Crippen LogP contribution in [0.1, 0.15) is 30.0 Å². The number of carboxylic acids is 1. The largest absolute Gasteiger partial charge is 0.494 e. The topological polar surface area (TPSA) is 90.2 Å². The van der Waals surface area contributed by atoms with Gasteiger partial charge in [0, 0.05) is 18.7 Å². The number of aliphatic hydroxyl groups is 2. The minimum atomic E-state index is -1.17. The van der Waals surface area contributed by atoms with Crippen molar-refractivity contribution in [3.63, 3.8) is 0 Å². The van der Waals surface area contributed by atoms with E-state index < -0.39 is 17.5 Å². The predicted molar refractivity (Wildman–Crippen MR) is 110 cm³/mol. The number of ether oxygens (including phenoxy) is 1. The number of carbonyl (C=O) groups is 1. The Bertz CT molecular complexity index is 825. The Morgan fingerprint density at radius 1 is 1.21 bits per heavy atom. The van der Waals surface area contributed by atoms with E-state index >= 15 is 0 Å². The molecule has 1 heterocycles. The highest BCUT2D eigenvalue weighted by Gasteiger charge is 2.48. The maximum atomic E-state index is 12.1. The van der Waals surface area contributed by atoms with Gasteiger partial charge in [-0.2, -0.15) is 0 Å². The number of likely N-dealkylation sites (tertiary alicyclic amines) is 1. The number of carboxylic acid groups (broad SMARTS) is 1. The lowest BCUT2D eigenvalue weighted by molar-refractivity contribution is -0.163. The summed E-state index contributed by atoms with van der Waals surface area (Å²) in [5.74, 6) is -0.276. The number of β-amino-alcohol motifs (C(OH)–C–C–N with tert-alkyl or cyclic N) is 1. The van der Waals surface area contributed by atoms with Crippen LogP contribution in [-0.2, 0) is 24.4 Å². The van der Waals surface area contributed by atoms with Gasteiger partial charge in [0.25, 0.3) is 0 Å². The fourth-order valence-corrected chi connectivity index (χ4v) is 4.08. The Morgan fingerprint density at radius 2 is 1.97 bits per heavy atom. The number of hydrogen-bond donors (Lipinski definition) is 3. The fraction of sp³-hybridized carbons (Fsp3) is 0.435. The molecule has 0 amide bonds. The molecule has 0 saturated carbocycles. The van der Waals surface area contributed by atoms with E-state index in [1.165, 1.54) is 0 Å². The zero-order valence-electron chi connectivity index (χ0n) is 16.8. The standard InChI is InChI=1S/C23H29NO5/c1-2-29-20-9-8-18(12-19(20)16-25)14-24-11-10-23(22(27)28,21(26)15-24)13-17-6-4-3-5-7-17/h3-9,12,21,25-26H,2,10-11,13-16H2,1H3,(H,27,28)/t21-,23+/m0/s1. The predicted octanol–water partition coefficient (Wildman–Crippen LogP) is 2.46. The second kappa shape index (κ2) is 9.39. The highest BCUT2D eigenvalue weighted by atomic mass is 16.5. The summed E-state index contributed by atoms with van der Waals surface area (Å²) in [6.45, 7) is 3.78. The molecule has 0 unspecified atom stereocenters. The lowest BCUT2D eigenvalue weighted by Crippen LogP contribution is -2.55. The van der Waals surface area contributed by atoms with Crippen LogP contribution in [0.5, 0.6) is 5.75 Å². The molecule has 0 bridgehead atoms. The second-order valence-electron chi connectivity index (χ2n) is 7.66. The number of rotatable bonds is 8. The van der Waals surface area contributed by atoms with Crippen LogP contribution < -0.4 is 4.74 Å². The van der Waals surface area contributed by atoms with Crippen LogP contribution in [0.3, 0.4) is 0 Å². The molecular formula is C23H29NO5. The molecule has 1 aliphatic heterocycles. The quantitative estimate of drug-likeness (QED) is 0.632. The minimum Gasteiger partial charge on any atom is -0.494 e. The van der Waals surface area contributed by atoms with Gasteiger partial charge in [-0.1, -0.05) is 36.4 Å². The number of hydrogen-bond acceptors (Lipinski definition) is 5. The van der Waals surface area contributed by atoms with E-state index in [0.29, 0.717) is 44.8 Å². The Hall–Kier alpha value is -2.41. The van der Waals surface area contributed by atoms with Gasteiger partial charge in [-0.3, -0.25) is 9.69 Å². The summed E-state index contributed by atoms with van der Waals surface area (Å²) in [6.07, 6.45) is -0.271. The molecule has 1 saturated heterocycles. The molecule has 6 heteroatoms. The summed E-state index contributed by atoms with van der Waals surface area (Å²) >= 11 is 0. The van der Waals surface area contributed by atoms with E-state index in [1.54, 1.807) is 0 Å². The summed E-state index contributed by atoms with van der Waals surface area (Å²) in [5.41, 5.74) is 1.47. The molecule has 0 aromatic heterocycles. The lowest BCUT2D eigenvalue weighted by Gasteiger charge is -2.43. The van der Waals surface area contributed by atoms with Gasteiger partial charge in [0.15, 0.2) is 0 Å². The molecule has 2 aromatic rings. The van der Waals surface area contributed by atoms with Gasteiger partial charge >= 0.3 is 5.97 Å². The average molecular weight is 399 g/mol. The van der Waals surface area contributed by atoms with Crippen LogP contribution in [0.15, 0.2) is 48.5 Å². The number of benzene rings is 2. The van der Waals surface area contributed by atoms with Gasteiger partial charge in [0.2, 0.25) is 0 Å². The molecule has 3 N–H and O–H groups in total. The Labute approximate surface area is 171 Å². The highest BCUT2D eigenvalue weighted by molar-refractivity contribution is 5.76. The van der Waals surface area contributed by atoms with Gasteiger partial charge in [0.1, 0.15) is 11.2 Å². The summed E-state index contributed by atoms with van der Waals surface area (Å²) in [5, 5.41) is 30.3. The molecule has 29 heavy (non-hydrogen) atoms. The molecule has 6 nitrogen and oxygen atoms in total. The molecule has 2 atom stereocenters. The number of piperidine rings is 1. The maximum absolute atomic E-state index is 12.1. The van der Waals surface area contributed by atoms with Gasteiger partial charge in [-0.25, -0.2) is 0 Å². The SMILES string of the molecule is CCOc1ccc(CN2CC[C@](Cc3ccccc3)(C(=O)O)[C@@H](O)C2)cc1CO. The number of nitrogens with zero attached hydrogens (tertiary/aromatic N) is 1. The van der Waals surface area contributed by atoms with Crippen LogP contribution in [0, 0.1) is 5.41 Å². The monoisotopic (exact) mass is 399 g/mol. The zero-order chi connectivity index (χ0) is 20.9. The van der Waals surface area contributed by atoms with Gasteiger partial charge < -0.3 is 20.1 Å². The first-order valence-corrected chi connectivity index (χ1v) is 10.0. The van der Waals surface area contributed by atoms with Crippen LogP contribution in [0.2, 0.25) is 0 Å². The normalized spacial score (nSPS) is 22.4. The Kier molecular flexibility index (Phi) is 6.90. The molecule has 0 radical (unpaired) electrons. The van der Waals surface area contributed by atoms with Crippen molar-refractivity contribution in [3.8, 4) is 5.75 Å². The third kappa shape index (κ3) is 4.78. The van der Waals surface area contributed by atoms with E-state index in [4.69, 9.17) is 4.74 Å². The van der Waals surface area contributed by atoms with Crippen molar-refractivity contribution in [1.82, 2.24) is 4.90 Å². The molecule has 3 rings (SSSR count). The van der Waals surface area contributed by atoms with Gasteiger partial charge in [-0.15, -0.1) is 0 Å². The number of aliphatic carboxylic acids is 1. The van der Waals surface area contributed by atoms with Crippen LogP contribution in [-0.4, -0.2) is 52.0 Å². The van der Waals surface area contributed by atoms with E-state index in [1.807, 2.05) is 55.5 Å². The molecule has 0 spiro atoms. The van der Waals surface area contributed by atoms with Crippen molar-refractivity contribution in [2.24, 2.45) is 5.41 Å². The van der Waals surface area contributed by atoms with E-state index in [-0.39, 0.29) is 6.61 Å². The first kappa shape index (κ1) is 21.3. The molecule has 0 aliphatic carbocycles. The van der Waals surface area contributed by atoms with Crippen LogP contribution in [0.4, 0.5) is 0 Å². The summed E-state index contributed by atoms with van der Waals surface area (Å²) < 4.78 is 5.52. The number of aliphatic hydroxyl groups excluding tert-OH is 2. The molecule has 1 fully saturated rings. The van der Waals surface area contributed by atoms with Crippen molar-refractivity contribution in [1.29, 1.82) is 0 Å². The maximum Gasteiger partial charge on any atom is 0.312 e. The average Bonchev–Trinajstić information content (AvgIpc) is 2.72. The molecule has 1 aliphatic rings. The fourth-order valence-electron chi connectivity index (χ4n) is 4.08. The van der Waals surface area contributed by atoms with Crippen molar-refractivity contribution in [2.75, 3.05) is 19.7 Å². The summed E-state index contributed by atoms with van der Waals surface area (Å²) in [4.78, 5) is 14.2. The van der Waals surface area contributed by atoms with Crippen LogP contribution >= 0.6 is 0 Å². The van der Waals surface area contributed by atoms with Crippen molar-refractivity contribution in [3.05, 3.63) is 65.2 Å². The van der Waals surface area contributed by atoms with Crippen molar-refractivity contribution >= 4 is 5.97 Å². The second-order valence-corrected chi connectivity index (χ2v) is 7.66. The lowest BCUT2D eigenvalue weighted by atomic mass is 9.71. The third-order valence-electron chi connectivity index (χ3n) is 5.73. The first-order valence-electron chi connectivity index (χ1n) is 10.0. The summed E-state index contributed by atoms with van der Waals surface area (Å²) in [7, 11) is 0. The molecule has 156 valence electrons. The van der Waals surface area contributed by atoms with Gasteiger partial charge in [-0.05, 0) is 49.6 Å².